The fraction of sp³-hybridized carbons (Fsp3) is 0.400. The van der Waals surface area contributed by atoms with Crippen LogP contribution in [0.3, 0.4) is 0 Å². The second-order valence-electron chi connectivity index (χ2n) is 1.66. The molecular formula is C5H10NNaO4S. The quantitative estimate of drug-likeness (QED) is 0.287. The van der Waals surface area contributed by atoms with Crippen LogP contribution in [0.25, 0.3) is 0 Å². The van der Waals surface area contributed by atoms with Crippen molar-refractivity contribution in [1.82, 2.24) is 0 Å². The van der Waals surface area contributed by atoms with Gasteiger partial charge in [0.05, 0.1) is 5.75 Å². The second-order valence-corrected chi connectivity index (χ2v) is 3.35. The Morgan fingerprint density at radius 1 is 1.67 bits per heavy atom. The number of carbonyl (C=O) groups excluding carboxylic acids is 1. The van der Waals surface area contributed by atoms with E-state index in [1.54, 1.807) is 0 Å². The van der Waals surface area contributed by atoms with Crippen molar-refractivity contribution in [2.45, 2.75) is 0 Å². The van der Waals surface area contributed by atoms with Crippen LogP contribution in [0.4, 0.5) is 0 Å². The third-order valence-electron chi connectivity index (χ3n) is 0.744. The van der Waals surface area contributed by atoms with Crippen molar-refractivity contribution in [3.05, 3.63) is 12.7 Å². The molecule has 0 atom stereocenters. The predicted molar refractivity (Wildman–Crippen MR) is 40.2 cm³/mol. The van der Waals surface area contributed by atoms with Crippen molar-refractivity contribution in [1.29, 1.82) is 0 Å². The summed E-state index contributed by atoms with van der Waals surface area (Å²) < 4.78 is 25.2. The first kappa shape index (κ1) is 14.6. The maximum Gasteiger partial charge on any atom is 1.00 e. The number of hydrogen-bond acceptors (Lipinski definition) is 5. The zero-order valence-electron chi connectivity index (χ0n) is 7.82. The molecule has 0 aliphatic heterocycles. The zero-order valence-corrected chi connectivity index (χ0v) is 9.63. The molecule has 0 saturated heterocycles. The average Bonchev–Trinajstić information content (AvgIpc) is 1.86. The molecule has 2 N–H and O–H groups in total. The summed E-state index contributed by atoms with van der Waals surface area (Å²) in [5.74, 6) is -1.36. The Labute approximate surface area is 94.9 Å². The van der Waals surface area contributed by atoms with Gasteiger partial charge < -0.3 is 11.3 Å². The summed E-state index contributed by atoms with van der Waals surface area (Å²) in [6, 6.07) is 0. The van der Waals surface area contributed by atoms with Crippen LogP contribution >= 0.6 is 0 Å². The molecule has 0 aliphatic rings. The van der Waals surface area contributed by atoms with Gasteiger partial charge in [-0.1, -0.05) is 6.58 Å². The Kier molecular flexibility index (Phi) is 8.07. The third kappa shape index (κ3) is 6.81. The van der Waals surface area contributed by atoms with Crippen molar-refractivity contribution in [3.8, 4) is 0 Å². The molecule has 0 radical (unpaired) electrons. The SMILES string of the molecule is C=CC(=O)OS(=O)(=O)CCN.[H-].[Na+]. The first-order valence-electron chi connectivity index (χ1n) is 2.80. The molecule has 0 fully saturated rings. The molecule has 0 aromatic carbocycles. The van der Waals surface area contributed by atoms with Gasteiger partial charge in [0.25, 0.3) is 0 Å². The summed E-state index contributed by atoms with van der Waals surface area (Å²) in [5, 5.41) is 0. The first-order chi connectivity index (χ1) is 5.02. The number of rotatable bonds is 4. The van der Waals surface area contributed by atoms with Gasteiger partial charge in [-0.3, -0.25) is 0 Å². The normalized spacial score (nSPS) is 9.75. The average molecular weight is 203 g/mol. The summed E-state index contributed by atoms with van der Waals surface area (Å²) in [5.41, 5.74) is 4.94. The molecule has 0 rings (SSSR count). The van der Waals surface area contributed by atoms with Crippen molar-refractivity contribution in [2.75, 3.05) is 12.3 Å². The molecule has 0 spiro atoms. The van der Waals surface area contributed by atoms with E-state index in [1.165, 1.54) is 0 Å². The van der Waals surface area contributed by atoms with Gasteiger partial charge in [-0.15, -0.1) is 0 Å². The van der Waals surface area contributed by atoms with Crippen LogP contribution in [0, 0.1) is 0 Å². The van der Waals surface area contributed by atoms with Gasteiger partial charge in [-0.25, -0.2) is 4.79 Å². The number of nitrogens with two attached hydrogens (primary N) is 1. The molecule has 0 aromatic rings. The topological polar surface area (TPSA) is 86.5 Å². The Balaban J connectivity index is -0.000000500. The Bertz CT molecular complexity index is 253. The molecule has 66 valence electrons. The first-order valence-corrected chi connectivity index (χ1v) is 4.38. The molecule has 5 nitrogen and oxygen atoms in total. The van der Waals surface area contributed by atoms with Gasteiger partial charge in [0.1, 0.15) is 0 Å². The van der Waals surface area contributed by atoms with Crippen LogP contribution in [0.1, 0.15) is 1.43 Å². The Hall–Kier alpha value is 0.120. The zero-order chi connectivity index (χ0) is 8.91. The van der Waals surface area contributed by atoms with Gasteiger partial charge in [-0.2, -0.15) is 8.42 Å². The van der Waals surface area contributed by atoms with Crippen LogP contribution < -0.4 is 35.3 Å². The maximum absolute atomic E-state index is 10.6. The van der Waals surface area contributed by atoms with Crippen LogP contribution in [0.15, 0.2) is 12.7 Å². The minimum atomic E-state index is -3.79. The number of carbonyl (C=O) groups is 1. The molecule has 0 unspecified atom stereocenters. The van der Waals surface area contributed by atoms with E-state index < -0.39 is 16.1 Å². The van der Waals surface area contributed by atoms with E-state index in [0.29, 0.717) is 0 Å². The monoisotopic (exact) mass is 203 g/mol. The smallest absolute Gasteiger partial charge is 1.00 e. The molecule has 0 amide bonds. The van der Waals surface area contributed by atoms with Gasteiger partial charge in [0.15, 0.2) is 0 Å². The van der Waals surface area contributed by atoms with E-state index in [0.717, 1.165) is 6.08 Å². The summed E-state index contributed by atoms with van der Waals surface area (Å²) in [6.07, 6.45) is 0.772. The van der Waals surface area contributed by atoms with Gasteiger partial charge >= 0.3 is 45.6 Å². The Morgan fingerprint density at radius 2 is 2.17 bits per heavy atom. The molecule has 7 heteroatoms. The molecule has 0 heterocycles. The van der Waals surface area contributed by atoms with E-state index in [1.807, 2.05) is 0 Å². The van der Waals surface area contributed by atoms with Crippen LogP contribution in [-0.2, 0) is 19.1 Å². The van der Waals surface area contributed by atoms with Crippen LogP contribution in [0.5, 0.6) is 0 Å². The van der Waals surface area contributed by atoms with E-state index in [9.17, 15) is 13.2 Å². The number of hydrogen-bond donors (Lipinski definition) is 1. The minimum absolute atomic E-state index is 0. The van der Waals surface area contributed by atoms with Crippen LogP contribution in [-0.4, -0.2) is 26.7 Å². The van der Waals surface area contributed by atoms with E-state index in [2.05, 4.69) is 10.8 Å². The molecule has 0 saturated carbocycles. The van der Waals surface area contributed by atoms with Crippen LogP contribution in [0.2, 0.25) is 0 Å². The van der Waals surface area contributed by atoms with Crippen molar-refractivity contribution >= 4 is 16.1 Å². The molecule has 0 aliphatic carbocycles. The van der Waals surface area contributed by atoms with Crippen molar-refractivity contribution < 1.29 is 48.4 Å². The molecule has 12 heavy (non-hydrogen) atoms. The fourth-order valence-electron chi connectivity index (χ4n) is 0.345. The van der Waals surface area contributed by atoms with Gasteiger partial charge in [-0.05, 0) is 0 Å². The fourth-order valence-corrected chi connectivity index (χ4v) is 1.04. The summed E-state index contributed by atoms with van der Waals surface area (Å²) in [4.78, 5) is 10.3. The summed E-state index contributed by atoms with van der Waals surface area (Å²) in [7, 11) is -3.79. The van der Waals surface area contributed by atoms with Crippen molar-refractivity contribution in [3.63, 3.8) is 0 Å². The van der Waals surface area contributed by atoms with E-state index in [4.69, 9.17) is 5.73 Å². The van der Waals surface area contributed by atoms with Gasteiger partial charge in [0, 0.05) is 12.6 Å². The van der Waals surface area contributed by atoms with E-state index >= 15 is 0 Å². The largest absolute Gasteiger partial charge is 1.00 e. The van der Waals surface area contributed by atoms with E-state index in [-0.39, 0.29) is 43.3 Å². The Morgan fingerprint density at radius 3 is 2.50 bits per heavy atom. The van der Waals surface area contributed by atoms with Crippen molar-refractivity contribution in [2.24, 2.45) is 5.73 Å². The van der Waals surface area contributed by atoms with Gasteiger partial charge in [0.2, 0.25) is 0 Å². The standard InChI is InChI=1S/C5H9NO4S.Na.H/c1-2-5(7)10-11(8,9)4-3-6;;/h2H,1,3-4,6H2;;/q;+1;-1. The maximum atomic E-state index is 10.6. The minimum Gasteiger partial charge on any atom is -1.00 e. The summed E-state index contributed by atoms with van der Waals surface area (Å²) in [6.45, 7) is 2.96. The molecule has 0 aromatic heterocycles. The second kappa shape index (κ2) is 6.62. The summed E-state index contributed by atoms with van der Waals surface area (Å²) >= 11 is 0. The molecule has 0 bridgehead atoms. The molecular weight excluding hydrogens is 193 g/mol. The third-order valence-corrected chi connectivity index (χ3v) is 1.90. The predicted octanol–water partition coefficient (Wildman–Crippen LogP) is -3.88.